The molecule has 5 aliphatic heterocycles. The molecule has 11 heteroatoms. The van der Waals surface area contributed by atoms with E-state index in [-0.39, 0.29) is 17.6 Å². The van der Waals surface area contributed by atoms with E-state index in [0.717, 1.165) is 68.7 Å². The molecule has 1 amide bonds. The largest absolute Gasteiger partial charge is 0.461 e. The molecular weight excluding hydrogens is 552 g/mol. The van der Waals surface area contributed by atoms with Gasteiger partial charge in [-0.15, -0.1) is 0 Å². The maximum atomic E-state index is 14.4. The van der Waals surface area contributed by atoms with E-state index < -0.39 is 17.9 Å². The van der Waals surface area contributed by atoms with Gasteiger partial charge in [-0.05, 0) is 69.0 Å². The van der Waals surface area contributed by atoms with Crippen LogP contribution in [0.15, 0.2) is 24.8 Å². The van der Waals surface area contributed by atoms with Crippen LogP contribution >= 0.6 is 0 Å². The number of nitrogens with zero attached hydrogens (tertiary/aromatic N) is 7. The van der Waals surface area contributed by atoms with E-state index in [1.54, 1.807) is 4.90 Å². The van der Waals surface area contributed by atoms with Crippen molar-refractivity contribution in [1.82, 2.24) is 24.8 Å². The molecule has 0 aromatic carbocycles. The van der Waals surface area contributed by atoms with Crippen molar-refractivity contribution in [2.24, 2.45) is 0 Å². The van der Waals surface area contributed by atoms with E-state index in [9.17, 15) is 13.6 Å². The molecule has 0 saturated carbocycles. The first-order valence-electron chi connectivity index (χ1n) is 15.9. The van der Waals surface area contributed by atoms with Crippen molar-refractivity contribution in [2.45, 2.75) is 88.1 Å². The maximum Gasteiger partial charge on any atom is 0.318 e. The molecule has 0 unspecified atom stereocenters. The topological polar surface area (TPSA) is 77.9 Å². The number of likely N-dealkylation sites (tertiary alicyclic amines) is 1. The molecule has 4 saturated heterocycles. The highest BCUT2D eigenvalue weighted by molar-refractivity contribution is 5.91. The van der Waals surface area contributed by atoms with Crippen molar-refractivity contribution in [1.29, 1.82) is 0 Å². The summed E-state index contributed by atoms with van der Waals surface area (Å²) in [6.45, 7) is 7.55. The van der Waals surface area contributed by atoms with E-state index in [1.807, 2.05) is 12.4 Å². The van der Waals surface area contributed by atoms with Crippen LogP contribution in [0.1, 0.15) is 60.9 Å². The molecule has 2 aromatic heterocycles. The molecule has 4 fully saturated rings. The summed E-state index contributed by atoms with van der Waals surface area (Å²) in [5.41, 5.74) is 5.74. The molecule has 9 nitrogen and oxygen atoms in total. The molecule has 0 spiro atoms. The summed E-state index contributed by atoms with van der Waals surface area (Å²) in [6.07, 6.45) is 11.8. The summed E-state index contributed by atoms with van der Waals surface area (Å²) in [6, 6.07) is 0.353. The number of ether oxygens (including phenoxy) is 1. The zero-order valence-corrected chi connectivity index (χ0v) is 24.6. The third-order valence-electron chi connectivity index (χ3n) is 10.9. The molecule has 7 heterocycles. The van der Waals surface area contributed by atoms with Crippen LogP contribution in [0.3, 0.4) is 0 Å². The quantitative estimate of drug-likeness (QED) is 0.473. The Morgan fingerprint density at radius 2 is 1.93 bits per heavy atom. The highest BCUT2D eigenvalue weighted by atomic mass is 19.1. The van der Waals surface area contributed by atoms with Crippen molar-refractivity contribution in [2.75, 3.05) is 49.1 Å². The summed E-state index contributed by atoms with van der Waals surface area (Å²) in [5, 5.41) is 0. The number of halogens is 2. The lowest BCUT2D eigenvalue weighted by Gasteiger charge is -2.48. The average Bonchev–Trinajstić information content (AvgIpc) is 3.64. The number of carbonyl (C=O) groups is 1. The number of amides is 1. The van der Waals surface area contributed by atoms with Gasteiger partial charge in [-0.1, -0.05) is 6.58 Å². The SMILES string of the molecule is C=C(F)C(=O)N1CC[C@@H]2[C@H]1CN2c1nc(OC[C@@]23CCCN2C[C@H](F)C3)nc2c1CCN(c1cncc3c1CCCC3)C2. The number of hydrogen-bond donors (Lipinski definition) is 0. The Morgan fingerprint density at radius 3 is 2.81 bits per heavy atom. The summed E-state index contributed by atoms with van der Waals surface area (Å²) in [5.74, 6) is -0.660. The van der Waals surface area contributed by atoms with Gasteiger partial charge >= 0.3 is 6.01 Å². The van der Waals surface area contributed by atoms with Crippen molar-refractivity contribution in [3.8, 4) is 6.01 Å². The van der Waals surface area contributed by atoms with Gasteiger partial charge in [0.1, 0.15) is 18.6 Å². The lowest BCUT2D eigenvalue weighted by Crippen LogP contribution is -2.63. The first kappa shape index (κ1) is 27.2. The van der Waals surface area contributed by atoms with Gasteiger partial charge < -0.3 is 19.4 Å². The number of alkyl halides is 1. The molecule has 0 N–H and O–H groups in total. The number of pyridine rings is 1. The van der Waals surface area contributed by atoms with Crippen LogP contribution in [0.2, 0.25) is 0 Å². The van der Waals surface area contributed by atoms with E-state index in [2.05, 4.69) is 26.3 Å². The predicted octanol–water partition coefficient (Wildman–Crippen LogP) is 3.54. The minimum absolute atomic E-state index is 0.0529. The van der Waals surface area contributed by atoms with Gasteiger partial charge in [0.15, 0.2) is 5.83 Å². The number of rotatable bonds is 6. The summed E-state index contributed by atoms with van der Waals surface area (Å²) in [7, 11) is 0. The van der Waals surface area contributed by atoms with E-state index in [0.29, 0.717) is 45.2 Å². The van der Waals surface area contributed by atoms with E-state index >= 15 is 0 Å². The Morgan fingerprint density at radius 1 is 1.05 bits per heavy atom. The molecule has 6 aliphatic rings. The average molecular weight is 592 g/mol. The smallest absolute Gasteiger partial charge is 0.318 e. The zero-order valence-electron chi connectivity index (χ0n) is 24.6. The van der Waals surface area contributed by atoms with Crippen LogP contribution in [0.25, 0.3) is 0 Å². The van der Waals surface area contributed by atoms with Crippen molar-refractivity contribution < 1.29 is 18.3 Å². The second-order valence-corrected chi connectivity index (χ2v) is 13.3. The molecule has 228 valence electrons. The third-order valence-corrected chi connectivity index (χ3v) is 10.9. The normalized spacial score (nSPS) is 29.5. The maximum absolute atomic E-state index is 14.4. The Bertz CT molecular complexity index is 1470. The van der Waals surface area contributed by atoms with Crippen LogP contribution in [0.5, 0.6) is 6.01 Å². The molecule has 4 atom stereocenters. The Balaban J connectivity index is 1.10. The van der Waals surface area contributed by atoms with Gasteiger partial charge in [-0.2, -0.15) is 9.97 Å². The Labute approximate surface area is 250 Å². The number of carbonyl (C=O) groups excluding carboxylic acids is 1. The van der Waals surface area contributed by atoms with Crippen LogP contribution in [-0.2, 0) is 30.6 Å². The fraction of sp³-hybridized carbons (Fsp3) is 0.625. The fourth-order valence-electron chi connectivity index (χ4n) is 8.73. The zero-order chi connectivity index (χ0) is 29.3. The summed E-state index contributed by atoms with van der Waals surface area (Å²) < 4.78 is 34.5. The summed E-state index contributed by atoms with van der Waals surface area (Å²) >= 11 is 0. The summed E-state index contributed by atoms with van der Waals surface area (Å²) in [4.78, 5) is 35.5. The monoisotopic (exact) mass is 591 g/mol. The van der Waals surface area contributed by atoms with Crippen LogP contribution in [0.4, 0.5) is 20.3 Å². The predicted molar refractivity (Wildman–Crippen MR) is 158 cm³/mol. The molecule has 8 rings (SSSR count). The minimum Gasteiger partial charge on any atom is -0.461 e. The molecule has 2 aromatic rings. The lowest BCUT2D eigenvalue weighted by atomic mass is 9.91. The number of hydrogen-bond acceptors (Lipinski definition) is 8. The van der Waals surface area contributed by atoms with Crippen molar-refractivity contribution in [3.05, 3.63) is 47.2 Å². The molecule has 1 aliphatic carbocycles. The van der Waals surface area contributed by atoms with Gasteiger partial charge in [-0.25, -0.2) is 8.78 Å². The Kier molecular flexibility index (Phi) is 6.58. The number of aryl methyl sites for hydroxylation is 1. The highest BCUT2D eigenvalue weighted by Crippen LogP contribution is 2.43. The van der Waals surface area contributed by atoms with Gasteiger partial charge in [0.05, 0.1) is 41.7 Å². The van der Waals surface area contributed by atoms with E-state index in [4.69, 9.17) is 14.7 Å². The number of fused-ring (bicyclic) bond motifs is 4. The van der Waals surface area contributed by atoms with Gasteiger partial charge in [0.25, 0.3) is 5.91 Å². The van der Waals surface area contributed by atoms with Gasteiger partial charge in [-0.3, -0.25) is 14.7 Å². The number of anilines is 2. The number of aromatic nitrogens is 3. The fourth-order valence-corrected chi connectivity index (χ4v) is 8.73. The third kappa shape index (κ3) is 4.48. The van der Waals surface area contributed by atoms with Crippen molar-refractivity contribution >= 4 is 17.4 Å². The standard InChI is InChI=1S/C32H39F2N7O2/c1-20(33)30(42)40-12-8-26-28(40)18-41(26)29-24-7-11-38(27-15-35-14-21-5-2-3-6-23(21)27)17-25(24)36-31(37-29)43-19-32-9-4-10-39(32)16-22(34)13-32/h14-15,22,26,28H,1-13,16-19H2/t22-,26-,28-,32+/m1/s1. The van der Waals surface area contributed by atoms with Gasteiger partial charge in [0, 0.05) is 44.4 Å². The molecular formula is C32H39F2N7O2. The highest BCUT2D eigenvalue weighted by Gasteiger charge is 2.51. The second-order valence-electron chi connectivity index (χ2n) is 13.3. The first-order chi connectivity index (χ1) is 20.9. The molecule has 43 heavy (non-hydrogen) atoms. The lowest BCUT2D eigenvalue weighted by molar-refractivity contribution is -0.130. The van der Waals surface area contributed by atoms with Crippen LogP contribution < -0.4 is 14.5 Å². The van der Waals surface area contributed by atoms with Crippen LogP contribution in [0, 0.1) is 0 Å². The second kappa shape index (κ2) is 10.4. The first-order valence-corrected chi connectivity index (χ1v) is 15.9. The minimum atomic E-state index is -0.908. The molecule has 0 bridgehead atoms. The Hall–Kier alpha value is -3.34. The molecule has 0 radical (unpaired) electrons. The van der Waals surface area contributed by atoms with Crippen LogP contribution in [-0.4, -0.2) is 93.8 Å². The van der Waals surface area contributed by atoms with E-state index in [1.165, 1.54) is 29.7 Å². The van der Waals surface area contributed by atoms with Crippen molar-refractivity contribution in [3.63, 3.8) is 0 Å². The van der Waals surface area contributed by atoms with Gasteiger partial charge in [0.2, 0.25) is 0 Å².